The second-order valence-electron chi connectivity index (χ2n) is 5.71. The molecule has 5 heteroatoms. The van der Waals surface area contributed by atoms with Crippen LogP contribution >= 0.6 is 0 Å². The fourth-order valence-electron chi connectivity index (χ4n) is 3.16. The Kier molecular flexibility index (Phi) is 4.50. The predicted octanol–water partition coefficient (Wildman–Crippen LogP) is 1.29. The van der Waals surface area contributed by atoms with Gasteiger partial charge in [0.15, 0.2) is 0 Å². The van der Waals surface area contributed by atoms with E-state index in [1.54, 1.807) is 6.07 Å². The van der Waals surface area contributed by atoms with Gasteiger partial charge in [0.1, 0.15) is 5.82 Å². The lowest BCUT2D eigenvalue weighted by atomic mass is 10.0. The molecule has 2 saturated heterocycles. The van der Waals surface area contributed by atoms with Crippen molar-refractivity contribution in [1.82, 2.24) is 20.5 Å². The standard InChI is InChI=1S/C15H23N4O/c16-15-2-1-13(11-17-15)12-18-5-3-14(4-6-18)19-7-9-20-10-8-19/h1-2,11,14,16H,3-10,12H2. The van der Waals surface area contributed by atoms with Gasteiger partial charge < -0.3 is 4.74 Å². The molecule has 0 aliphatic carbocycles. The Morgan fingerprint density at radius 2 is 1.90 bits per heavy atom. The molecule has 3 heterocycles. The molecule has 1 aromatic rings. The molecule has 2 fully saturated rings. The zero-order valence-electron chi connectivity index (χ0n) is 11.9. The van der Waals surface area contributed by atoms with E-state index in [1.165, 1.54) is 18.4 Å². The summed E-state index contributed by atoms with van der Waals surface area (Å²) in [6, 6.07) is 4.53. The maximum atomic E-state index is 7.41. The molecule has 0 bridgehead atoms. The fraction of sp³-hybridized carbons (Fsp3) is 0.667. The molecule has 2 aliphatic rings. The summed E-state index contributed by atoms with van der Waals surface area (Å²) < 4.78 is 5.43. The van der Waals surface area contributed by atoms with E-state index in [2.05, 4.69) is 14.8 Å². The Balaban J connectivity index is 1.47. The number of nitrogens with one attached hydrogen (secondary N) is 1. The van der Waals surface area contributed by atoms with Crippen LogP contribution in [0.25, 0.3) is 0 Å². The average molecular weight is 275 g/mol. The van der Waals surface area contributed by atoms with E-state index in [0.29, 0.717) is 5.82 Å². The molecule has 109 valence electrons. The van der Waals surface area contributed by atoms with Crippen molar-refractivity contribution in [1.29, 1.82) is 0 Å². The van der Waals surface area contributed by atoms with Gasteiger partial charge in [-0.2, -0.15) is 0 Å². The van der Waals surface area contributed by atoms with Crippen LogP contribution in [0.15, 0.2) is 18.3 Å². The van der Waals surface area contributed by atoms with Crippen LogP contribution in [-0.4, -0.2) is 60.2 Å². The number of morpholine rings is 1. The molecule has 3 rings (SSSR count). The number of aromatic nitrogens is 1. The van der Waals surface area contributed by atoms with Crippen molar-refractivity contribution in [3.05, 3.63) is 23.9 Å². The maximum absolute atomic E-state index is 7.41. The number of piperidine rings is 1. The van der Waals surface area contributed by atoms with Crippen molar-refractivity contribution in [2.24, 2.45) is 0 Å². The maximum Gasteiger partial charge on any atom is 0.144 e. The predicted molar refractivity (Wildman–Crippen MR) is 77.7 cm³/mol. The monoisotopic (exact) mass is 275 g/mol. The third-order valence-electron chi connectivity index (χ3n) is 4.35. The van der Waals surface area contributed by atoms with Gasteiger partial charge in [0, 0.05) is 31.9 Å². The Bertz CT molecular complexity index is 408. The second kappa shape index (κ2) is 6.52. The van der Waals surface area contributed by atoms with Gasteiger partial charge in [0.05, 0.1) is 13.2 Å². The molecule has 20 heavy (non-hydrogen) atoms. The average Bonchev–Trinajstić information content (AvgIpc) is 2.51. The number of rotatable bonds is 3. The molecule has 0 unspecified atom stereocenters. The molecular formula is C15H23N4O. The molecule has 0 amide bonds. The first-order valence-electron chi connectivity index (χ1n) is 7.52. The van der Waals surface area contributed by atoms with Gasteiger partial charge in [-0.3, -0.25) is 15.5 Å². The zero-order valence-corrected chi connectivity index (χ0v) is 11.9. The topological polar surface area (TPSA) is 52.4 Å². The number of hydrogen-bond acceptors (Lipinski definition) is 4. The van der Waals surface area contributed by atoms with Crippen molar-refractivity contribution >= 4 is 5.82 Å². The molecule has 0 spiro atoms. The van der Waals surface area contributed by atoms with Crippen molar-refractivity contribution in [3.8, 4) is 0 Å². The van der Waals surface area contributed by atoms with Gasteiger partial charge in [-0.05, 0) is 37.6 Å². The smallest absolute Gasteiger partial charge is 0.144 e. The van der Waals surface area contributed by atoms with Crippen molar-refractivity contribution in [2.45, 2.75) is 25.4 Å². The van der Waals surface area contributed by atoms with Crippen molar-refractivity contribution in [3.63, 3.8) is 0 Å². The minimum atomic E-state index is 0.347. The summed E-state index contributed by atoms with van der Waals surface area (Å²) in [6.07, 6.45) is 4.34. The largest absolute Gasteiger partial charge is 0.379 e. The third kappa shape index (κ3) is 3.48. The number of likely N-dealkylation sites (tertiary alicyclic amines) is 1. The molecule has 0 aromatic carbocycles. The second-order valence-corrected chi connectivity index (χ2v) is 5.71. The zero-order chi connectivity index (χ0) is 13.8. The minimum absolute atomic E-state index is 0.347. The summed E-state index contributed by atoms with van der Waals surface area (Å²) in [5.74, 6) is 0.347. The van der Waals surface area contributed by atoms with E-state index in [4.69, 9.17) is 10.5 Å². The summed E-state index contributed by atoms with van der Waals surface area (Å²) in [5.41, 5.74) is 8.62. The molecule has 0 atom stereocenters. The Hall–Kier alpha value is -1.17. The summed E-state index contributed by atoms with van der Waals surface area (Å²) in [4.78, 5) is 9.14. The Morgan fingerprint density at radius 1 is 1.15 bits per heavy atom. The molecule has 1 radical (unpaired) electrons. The lowest BCUT2D eigenvalue weighted by Gasteiger charge is -2.40. The molecular weight excluding hydrogens is 252 g/mol. The summed E-state index contributed by atoms with van der Waals surface area (Å²) in [6.45, 7) is 7.26. The van der Waals surface area contributed by atoms with Crippen molar-refractivity contribution < 1.29 is 4.74 Å². The fourth-order valence-corrected chi connectivity index (χ4v) is 3.16. The highest BCUT2D eigenvalue weighted by atomic mass is 16.5. The van der Waals surface area contributed by atoms with Gasteiger partial charge >= 0.3 is 0 Å². The molecule has 1 aromatic heterocycles. The number of nitrogens with zero attached hydrogens (tertiary/aromatic N) is 3. The first-order valence-corrected chi connectivity index (χ1v) is 7.52. The molecule has 2 aliphatic heterocycles. The van der Waals surface area contributed by atoms with Gasteiger partial charge in [-0.25, -0.2) is 4.98 Å². The highest BCUT2D eigenvalue weighted by Crippen LogP contribution is 2.19. The molecule has 0 saturated carbocycles. The van der Waals surface area contributed by atoms with Crippen LogP contribution in [0.2, 0.25) is 0 Å². The van der Waals surface area contributed by atoms with E-state index in [1.807, 2.05) is 12.3 Å². The normalized spacial score (nSPS) is 23.0. The number of ether oxygens (including phenoxy) is 1. The SMILES string of the molecule is [NH]c1ccc(CN2CCC(N3CCOCC3)CC2)cn1. The third-order valence-corrected chi connectivity index (χ3v) is 4.35. The van der Waals surface area contributed by atoms with Gasteiger partial charge in [-0.1, -0.05) is 6.07 Å². The number of hydrogen-bond donors (Lipinski definition) is 0. The van der Waals surface area contributed by atoms with Gasteiger partial charge in [0.2, 0.25) is 0 Å². The number of pyridine rings is 1. The summed E-state index contributed by atoms with van der Waals surface area (Å²) >= 11 is 0. The van der Waals surface area contributed by atoms with Crippen LogP contribution < -0.4 is 5.73 Å². The summed E-state index contributed by atoms with van der Waals surface area (Å²) in [5, 5.41) is 0. The van der Waals surface area contributed by atoms with Crippen molar-refractivity contribution in [2.75, 3.05) is 39.4 Å². The van der Waals surface area contributed by atoms with E-state index < -0.39 is 0 Å². The lowest BCUT2D eigenvalue weighted by molar-refractivity contribution is 0.000224. The van der Waals surface area contributed by atoms with Crippen LogP contribution in [0.5, 0.6) is 0 Å². The van der Waals surface area contributed by atoms with Gasteiger partial charge in [-0.15, -0.1) is 0 Å². The molecule has 5 nitrogen and oxygen atoms in total. The van der Waals surface area contributed by atoms with E-state index in [0.717, 1.165) is 52.0 Å². The van der Waals surface area contributed by atoms with Crippen LogP contribution in [0.1, 0.15) is 18.4 Å². The van der Waals surface area contributed by atoms with Crippen LogP contribution in [0, 0.1) is 0 Å². The lowest BCUT2D eigenvalue weighted by Crippen LogP contribution is -2.48. The minimum Gasteiger partial charge on any atom is -0.379 e. The van der Waals surface area contributed by atoms with Gasteiger partial charge in [0.25, 0.3) is 0 Å². The Labute approximate surface area is 120 Å². The van der Waals surface area contributed by atoms with E-state index >= 15 is 0 Å². The quantitative estimate of drug-likeness (QED) is 0.834. The van der Waals surface area contributed by atoms with Crippen LogP contribution in [0.4, 0.5) is 5.82 Å². The van der Waals surface area contributed by atoms with E-state index in [9.17, 15) is 0 Å². The molecule has 1 N–H and O–H groups in total. The van der Waals surface area contributed by atoms with Crippen LogP contribution in [-0.2, 0) is 11.3 Å². The highest BCUT2D eigenvalue weighted by molar-refractivity contribution is 5.25. The highest BCUT2D eigenvalue weighted by Gasteiger charge is 2.25. The summed E-state index contributed by atoms with van der Waals surface area (Å²) in [7, 11) is 0. The first kappa shape index (κ1) is 13.8. The Morgan fingerprint density at radius 3 is 2.55 bits per heavy atom. The first-order chi connectivity index (χ1) is 9.81. The van der Waals surface area contributed by atoms with Crippen LogP contribution in [0.3, 0.4) is 0 Å². The van der Waals surface area contributed by atoms with E-state index in [-0.39, 0.29) is 0 Å².